The molecule has 124 valence electrons. The average Bonchev–Trinajstić information content (AvgIpc) is 2.53. The largest absolute Gasteiger partial charge is 0.381 e. The zero-order valence-corrected chi connectivity index (χ0v) is 14.1. The van der Waals surface area contributed by atoms with Crippen LogP contribution in [-0.4, -0.2) is 38.9 Å². The fourth-order valence-corrected chi connectivity index (χ4v) is 1.81. The van der Waals surface area contributed by atoms with Crippen molar-refractivity contribution >= 4 is 5.91 Å². The highest BCUT2D eigenvalue weighted by Gasteiger charge is 2.03. The van der Waals surface area contributed by atoms with Crippen molar-refractivity contribution in [2.75, 3.05) is 33.0 Å². The normalized spacial score (nSPS) is 12.1. The quantitative estimate of drug-likeness (QED) is 0.639. The lowest BCUT2D eigenvalue weighted by atomic mass is 10.1. The van der Waals surface area contributed by atoms with Crippen molar-refractivity contribution in [3.63, 3.8) is 0 Å². The van der Waals surface area contributed by atoms with Crippen molar-refractivity contribution in [2.45, 2.75) is 33.6 Å². The molecule has 22 heavy (non-hydrogen) atoms. The number of carbonyl (C=O) groups is 1. The number of nitrogens with one attached hydrogen (secondary N) is 1. The van der Waals surface area contributed by atoms with Crippen molar-refractivity contribution in [1.29, 1.82) is 0 Å². The molecule has 1 aromatic carbocycles. The second-order valence-corrected chi connectivity index (χ2v) is 5.68. The molecule has 0 aliphatic carbocycles. The molecule has 0 aromatic heterocycles. The van der Waals surface area contributed by atoms with Crippen LogP contribution in [0.4, 0.5) is 0 Å². The summed E-state index contributed by atoms with van der Waals surface area (Å²) in [6.45, 7) is 9.64. The van der Waals surface area contributed by atoms with Crippen molar-refractivity contribution in [3.8, 4) is 0 Å². The lowest BCUT2D eigenvalue weighted by Gasteiger charge is -2.10. The van der Waals surface area contributed by atoms with Crippen LogP contribution in [0.5, 0.6) is 0 Å². The molecule has 0 radical (unpaired) electrons. The summed E-state index contributed by atoms with van der Waals surface area (Å²) >= 11 is 0. The molecule has 0 heterocycles. The van der Waals surface area contributed by atoms with Gasteiger partial charge in [0.1, 0.15) is 0 Å². The summed E-state index contributed by atoms with van der Waals surface area (Å²) in [6, 6.07) is 7.54. The summed E-state index contributed by atoms with van der Waals surface area (Å²) in [6.07, 6.45) is 2.04. The number of hydrogen-bond acceptors (Lipinski definition) is 3. The van der Waals surface area contributed by atoms with Gasteiger partial charge in [0.2, 0.25) is 0 Å². The Morgan fingerprint density at radius 1 is 1.14 bits per heavy atom. The molecule has 0 saturated carbocycles. The minimum atomic E-state index is -0.0551. The number of ether oxygens (including phenoxy) is 2. The van der Waals surface area contributed by atoms with Gasteiger partial charge in [-0.1, -0.05) is 38.0 Å². The molecule has 0 fully saturated rings. The van der Waals surface area contributed by atoms with E-state index in [0.29, 0.717) is 31.2 Å². The molecule has 0 spiro atoms. The zero-order valence-electron chi connectivity index (χ0n) is 14.1. The maximum Gasteiger partial charge on any atom is 0.251 e. The third kappa shape index (κ3) is 8.15. The molecule has 1 amide bonds. The number of aryl methyl sites for hydroxylation is 1. The van der Waals surface area contributed by atoms with E-state index in [2.05, 4.69) is 19.2 Å². The Morgan fingerprint density at radius 3 is 2.50 bits per heavy atom. The highest BCUT2D eigenvalue weighted by molar-refractivity contribution is 5.94. The van der Waals surface area contributed by atoms with E-state index in [1.165, 1.54) is 0 Å². The van der Waals surface area contributed by atoms with E-state index in [4.69, 9.17) is 9.47 Å². The molecule has 1 atom stereocenters. The van der Waals surface area contributed by atoms with Crippen molar-refractivity contribution in [3.05, 3.63) is 35.4 Å². The first kappa shape index (κ1) is 18.7. The van der Waals surface area contributed by atoms with Crippen molar-refractivity contribution < 1.29 is 14.3 Å². The molecular weight excluding hydrogens is 278 g/mol. The minimum Gasteiger partial charge on any atom is -0.381 e. The lowest BCUT2D eigenvalue weighted by Crippen LogP contribution is -2.27. The van der Waals surface area contributed by atoms with Gasteiger partial charge in [-0.25, -0.2) is 0 Å². The maximum absolute atomic E-state index is 11.8. The number of benzene rings is 1. The van der Waals surface area contributed by atoms with Gasteiger partial charge in [0.25, 0.3) is 5.91 Å². The fraction of sp³-hybridized carbons (Fsp3) is 0.611. The Labute approximate surface area is 134 Å². The summed E-state index contributed by atoms with van der Waals surface area (Å²) in [5, 5.41) is 2.85. The van der Waals surface area contributed by atoms with Crippen LogP contribution >= 0.6 is 0 Å². The van der Waals surface area contributed by atoms with Crippen molar-refractivity contribution in [2.24, 2.45) is 5.92 Å². The molecule has 0 aliphatic heterocycles. The van der Waals surface area contributed by atoms with Gasteiger partial charge in [-0.05, 0) is 31.4 Å². The summed E-state index contributed by atoms with van der Waals surface area (Å²) in [5.41, 5.74) is 1.83. The van der Waals surface area contributed by atoms with Gasteiger partial charge < -0.3 is 14.8 Å². The SMILES string of the molecule is CCC(C)COCCCOCCNC(=O)c1ccc(C)cc1. The molecule has 1 unspecified atom stereocenters. The van der Waals surface area contributed by atoms with E-state index in [-0.39, 0.29) is 5.91 Å². The summed E-state index contributed by atoms with van der Waals surface area (Å²) in [4.78, 5) is 11.8. The van der Waals surface area contributed by atoms with Gasteiger partial charge >= 0.3 is 0 Å². The van der Waals surface area contributed by atoms with Crippen molar-refractivity contribution in [1.82, 2.24) is 5.32 Å². The molecule has 4 heteroatoms. The van der Waals surface area contributed by atoms with Gasteiger partial charge in [0.05, 0.1) is 6.61 Å². The van der Waals surface area contributed by atoms with Crippen LogP contribution in [0.2, 0.25) is 0 Å². The summed E-state index contributed by atoms with van der Waals surface area (Å²) in [5.74, 6) is 0.568. The van der Waals surface area contributed by atoms with Crippen LogP contribution < -0.4 is 5.32 Å². The monoisotopic (exact) mass is 307 g/mol. The van der Waals surface area contributed by atoms with E-state index in [0.717, 1.165) is 31.6 Å². The number of rotatable bonds is 11. The lowest BCUT2D eigenvalue weighted by molar-refractivity contribution is 0.0675. The third-order valence-electron chi connectivity index (χ3n) is 3.52. The van der Waals surface area contributed by atoms with Crippen LogP contribution in [-0.2, 0) is 9.47 Å². The van der Waals surface area contributed by atoms with Crippen LogP contribution in [0.3, 0.4) is 0 Å². The summed E-state index contributed by atoms with van der Waals surface area (Å²) in [7, 11) is 0. The number of carbonyl (C=O) groups excluding carboxylic acids is 1. The standard InChI is InChI=1S/C18H29NO3/c1-4-15(2)14-22-12-5-11-21-13-10-19-18(20)17-8-6-16(3)7-9-17/h6-9,15H,4-5,10-14H2,1-3H3,(H,19,20). The predicted octanol–water partition coefficient (Wildman–Crippen LogP) is 3.19. The van der Waals surface area contributed by atoms with E-state index >= 15 is 0 Å². The first-order valence-corrected chi connectivity index (χ1v) is 8.13. The van der Waals surface area contributed by atoms with Gasteiger partial charge in [0.15, 0.2) is 0 Å². The Balaban J connectivity index is 1.97. The van der Waals surface area contributed by atoms with Gasteiger partial charge in [0, 0.05) is 31.9 Å². The Morgan fingerprint density at radius 2 is 1.82 bits per heavy atom. The minimum absolute atomic E-state index is 0.0551. The molecule has 1 aromatic rings. The van der Waals surface area contributed by atoms with E-state index in [9.17, 15) is 4.79 Å². The van der Waals surface area contributed by atoms with Crippen LogP contribution in [0, 0.1) is 12.8 Å². The number of amides is 1. The first-order chi connectivity index (χ1) is 10.6. The van der Waals surface area contributed by atoms with Gasteiger partial charge in [-0.3, -0.25) is 4.79 Å². The van der Waals surface area contributed by atoms with Crippen LogP contribution in [0.25, 0.3) is 0 Å². The fourth-order valence-electron chi connectivity index (χ4n) is 1.81. The van der Waals surface area contributed by atoms with Gasteiger partial charge in [-0.2, -0.15) is 0 Å². The third-order valence-corrected chi connectivity index (χ3v) is 3.52. The summed E-state index contributed by atoms with van der Waals surface area (Å²) < 4.78 is 11.0. The maximum atomic E-state index is 11.8. The van der Waals surface area contributed by atoms with Crippen LogP contribution in [0.1, 0.15) is 42.6 Å². The van der Waals surface area contributed by atoms with Crippen LogP contribution in [0.15, 0.2) is 24.3 Å². The second kappa shape index (κ2) is 11.2. The average molecular weight is 307 g/mol. The van der Waals surface area contributed by atoms with E-state index < -0.39 is 0 Å². The Bertz CT molecular complexity index is 417. The smallest absolute Gasteiger partial charge is 0.251 e. The van der Waals surface area contributed by atoms with Gasteiger partial charge in [-0.15, -0.1) is 0 Å². The second-order valence-electron chi connectivity index (χ2n) is 5.68. The zero-order chi connectivity index (χ0) is 16.2. The molecule has 1 rings (SSSR count). The topological polar surface area (TPSA) is 47.6 Å². The molecular formula is C18H29NO3. The molecule has 1 N–H and O–H groups in total. The highest BCUT2D eigenvalue weighted by atomic mass is 16.5. The predicted molar refractivity (Wildman–Crippen MR) is 89.2 cm³/mol. The highest BCUT2D eigenvalue weighted by Crippen LogP contribution is 2.02. The molecule has 0 saturated heterocycles. The first-order valence-electron chi connectivity index (χ1n) is 8.13. The molecule has 0 bridgehead atoms. The Hall–Kier alpha value is -1.39. The van der Waals surface area contributed by atoms with E-state index in [1.54, 1.807) is 0 Å². The number of hydrogen-bond donors (Lipinski definition) is 1. The molecule has 0 aliphatic rings. The Kier molecular flexibility index (Phi) is 9.51. The molecule has 4 nitrogen and oxygen atoms in total. The van der Waals surface area contributed by atoms with E-state index in [1.807, 2.05) is 31.2 Å².